The molecule has 0 unspecified atom stereocenters. The Labute approximate surface area is 133 Å². The van der Waals surface area contributed by atoms with E-state index in [0.717, 1.165) is 34.6 Å². The molecule has 0 saturated carbocycles. The van der Waals surface area contributed by atoms with Crippen molar-refractivity contribution in [2.24, 2.45) is 0 Å². The molecule has 1 aromatic carbocycles. The van der Waals surface area contributed by atoms with Crippen LogP contribution in [0.4, 0.5) is 0 Å². The summed E-state index contributed by atoms with van der Waals surface area (Å²) in [4.78, 5) is 4.37. The Bertz CT molecular complexity index is 546. The smallest absolute Gasteiger partial charge is 0.138 e. The van der Waals surface area contributed by atoms with Crippen LogP contribution in [0.25, 0.3) is 0 Å². The van der Waals surface area contributed by atoms with Crippen LogP contribution in [0.3, 0.4) is 0 Å². The molecule has 2 rings (SSSR count). The van der Waals surface area contributed by atoms with Crippen LogP contribution in [0, 0.1) is 0 Å². The van der Waals surface area contributed by atoms with Crippen molar-refractivity contribution < 1.29 is 9.47 Å². The van der Waals surface area contributed by atoms with E-state index in [1.165, 1.54) is 0 Å². The minimum atomic E-state index is 0.534. The summed E-state index contributed by atoms with van der Waals surface area (Å²) in [6.45, 7) is 2.79. The number of nitrogens with zero attached hydrogens (tertiary/aromatic N) is 1. The molecule has 5 heteroatoms. The van der Waals surface area contributed by atoms with Crippen LogP contribution in [0.2, 0.25) is 0 Å². The summed E-state index contributed by atoms with van der Waals surface area (Å²) in [6.07, 6.45) is 1.76. The van der Waals surface area contributed by atoms with Crippen molar-refractivity contribution in [1.82, 2.24) is 10.3 Å². The van der Waals surface area contributed by atoms with Gasteiger partial charge in [0, 0.05) is 24.7 Å². The van der Waals surface area contributed by atoms with E-state index in [2.05, 4.69) is 26.2 Å². The zero-order chi connectivity index (χ0) is 14.9. The van der Waals surface area contributed by atoms with Crippen LogP contribution in [-0.2, 0) is 17.9 Å². The third-order valence-electron chi connectivity index (χ3n) is 2.88. The number of nitrogens with one attached hydrogen (secondary N) is 1. The lowest BCUT2D eigenvalue weighted by atomic mass is 10.2. The molecule has 0 atom stereocenters. The number of hydrogen-bond donors (Lipinski definition) is 1. The number of methoxy groups -OCH3 is 1. The van der Waals surface area contributed by atoms with Crippen LogP contribution in [0.1, 0.15) is 11.3 Å². The predicted octanol–water partition coefficient (Wildman–Crippen LogP) is 3.16. The number of rotatable bonds is 8. The van der Waals surface area contributed by atoms with E-state index in [0.29, 0.717) is 13.2 Å². The average molecular weight is 351 g/mol. The van der Waals surface area contributed by atoms with Gasteiger partial charge in [0.2, 0.25) is 0 Å². The van der Waals surface area contributed by atoms with Gasteiger partial charge in [0.25, 0.3) is 0 Å². The Morgan fingerprint density at radius 1 is 1.24 bits per heavy atom. The molecule has 0 bridgehead atoms. The minimum Gasteiger partial charge on any atom is -0.487 e. The third kappa shape index (κ3) is 5.83. The second-order valence-corrected chi connectivity index (χ2v) is 5.49. The van der Waals surface area contributed by atoms with Gasteiger partial charge in [-0.2, -0.15) is 0 Å². The molecule has 0 saturated heterocycles. The average Bonchev–Trinajstić information content (AvgIpc) is 2.51. The molecule has 112 valence electrons. The van der Waals surface area contributed by atoms with Crippen molar-refractivity contribution in [3.05, 3.63) is 58.3 Å². The Balaban J connectivity index is 1.79. The van der Waals surface area contributed by atoms with E-state index in [9.17, 15) is 0 Å². The van der Waals surface area contributed by atoms with E-state index < -0.39 is 0 Å². The molecule has 0 fully saturated rings. The lowest BCUT2D eigenvalue weighted by molar-refractivity contribution is 0.199. The SMILES string of the molecule is COCCNCc1ccc(OCc2cccc(Br)c2)cn1. The van der Waals surface area contributed by atoms with Crippen molar-refractivity contribution in [2.45, 2.75) is 13.2 Å². The highest BCUT2D eigenvalue weighted by Gasteiger charge is 1.99. The van der Waals surface area contributed by atoms with Crippen molar-refractivity contribution in [1.29, 1.82) is 0 Å². The van der Waals surface area contributed by atoms with Crippen LogP contribution in [0.5, 0.6) is 5.75 Å². The summed E-state index contributed by atoms with van der Waals surface area (Å²) in [5.41, 5.74) is 2.11. The number of aromatic nitrogens is 1. The molecular formula is C16H19BrN2O2. The molecule has 0 spiro atoms. The van der Waals surface area contributed by atoms with Crippen LogP contribution in [-0.4, -0.2) is 25.2 Å². The molecule has 21 heavy (non-hydrogen) atoms. The Hall–Kier alpha value is -1.43. The largest absolute Gasteiger partial charge is 0.487 e. The van der Waals surface area contributed by atoms with Crippen molar-refractivity contribution in [3.8, 4) is 5.75 Å². The maximum Gasteiger partial charge on any atom is 0.138 e. The van der Waals surface area contributed by atoms with Gasteiger partial charge in [0.05, 0.1) is 18.5 Å². The second-order valence-electron chi connectivity index (χ2n) is 4.57. The van der Waals surface area contributed by atoms with Crippen molar-refractivity contribution in [3.63, 3.8) is 0 Å². The molecule has 0 aliphatic heterocycles. The number of hydrogen-bond acceptors (Lipinski definition) is 4. The molecule has 1 aromatic heterocycles. The quantitative estimate of drug-likeness (QED) is 0.742. The van der Waals surface area contributed by atoms with Gasteiger partial charge < -0.3 is 14.8 Å². The number of benzene rings is 1. The number of pyridine rings is 1. The maximum absolute atomic E-state index is 5.72. The fourth-order valence-corrected chi connectivity index (χ4v) is 2.23. The van der Waals surface area contributed by atoms with Crippen LogP contribution >= 0.6 is 15.9 Å². The zero-order valence-corrected chi connectivity index (χ0v) is 13.6. The summed E-state index contributed by atoms with van der Waals surface area (Å²) in [7, 11) is 1.69. The van der Waals surface area contributed by atoms with Gasteiger partial charge in [-0.3, -0.25) is 4.98 Å². The molecule has 2 aromatic rings. The van der Waals surface area contributed by atoms with Gasteiger partial charge in [-0.25, -0.2) is 0 Å². The standard InChI is InChI=1S/C16H19BrN2O2/c1-20-8-7-18-10-15-5-6-16(11-19-15)21-12-13-3-2-4-14(17)9-13/h2-6,9,11,18H,7-8,10,12H2,1H3. The Kier molecular flexibility index (Phi) is 6.66. The molecule has 1 heterocycles. The Morgan fingerprint density at radius 2 is 2.14 bits per heavy atom. The van der Waals surface area contributed by atoms with Crippen molar-refractivity contribution >= 4 is 15.9 Å². The normalized spacial score (nSPS) is 10.6. The predicted molar refractivity (Wildman–Crippen MR) is 86.3 cm³/mol. The highest BCUT2D eigenvalue weighted by atomic mass is 79.9. The first-order valence-corrected chi connectivity index (χ1v) is 7.59. The van der Waals surface area contributed by atoms with Gasteiger partial charge in [-0.15, -0.1) is 0 Å². The van der Waals surface area contributed by atoms with Gasteiger partial charge >= 0.3 is 0 Å². The summed E-state index contributed by atoms with van der Waals surface area (Å²) in [6, 6.07) is 12.0. The molecule has 0 radical (unpaired) electrons. The summed E-state index contributed by atoms with van der Waals surface area (Å²) < 4.78 is 11.8. The number of ether oxygens (including phenoxy) is 2. The molecule has 0 amide bonds. The van der Waals surface area contributed by atoms with Crippen LogP contribution < -0.4 is 10.1 Å². The fraction of sp³-hybridized carbons (Fsp3) is 0.312. The minimum absolute atomic E-state index is 0.534. The first kappa shape index (κ1) is 15.9. The molecule has 1 N–H and O–H groups in total. The van der Waals surface area contributed by atoms with E-state index in [1.54, 1.807) is 13.3 Å². The third-order valence-corrected chi connectivity index (χ3v) is 3.37. The Morgan fingerprint density at radius 3 is 2.86 bits per heavy atom. The summed E-state index contributed by atoms with van der Waals surface area (Å²) in [5.74, 6) is 0.774. The first-order chi connectivity index (χ1) is 10.3. The lowest BCUT2D eigenvalue weighted by Gasteiger charge is -2.08. The molecule has 4 nitrogen and oxygen atoms in total. The van der Waals surface area contributed by atoms with Gasteiger partial charge in [0.1, 0.15) is 12.4 Å². The first-order valence-electron chi connectivity index (χ1n) is 6.80. The zero-order valence-electron chi connectivity index (χ0n) is 12.0. The highest BCUT2D eigenvalue weighted by molar-refractivity contribution is 9.10. The monoisotopic (exact) mass is 350 g/mol. The lowest BCUT2D eigenvalue weighted by Crippen LogP contribution is -2.19. The van der Waals surface area contributed by atoms with E-state index in [4.69, 9.17) is 9.47 Å². The maximum atomic E-state index is 5.72. The van der Waals surface area contributed by atoms with Gasteiger partial charge in [-0.05, 0) is 29.8 Å². The van der Waals surface area contributed by atoms with Crippen LogP contribution in [0.15, 0.2) is 47.1 Å². The summed E-state index contributed by atoms with van der Waals surface area (Å²) in [5, 5.41) is 3.25. The molecular weight excluding hydrogens is 332 g/mol. The van der Waals surface area contributed by atoms with Crippen molar-refractivity contribution in [2.75, 3.05) is 20.3 Å². The second kappa shape index (κ2) is 8.77. The molecule has 0 aliphatic rings. The molecule has 0 aliphatic carbocycles. The van der Waals surface area contributed by atoms with E-state index in [-0.39, 0.29) is 0 Å². The fourth-order valence-electron chi connectivity index (χ4n) is 1.78. The highest BCUT2D eigenvalue weighted by Crippen LogP contribution is 2.15. The summed E-state index contributed by atoms with van der Waals surface area (Å²) >= 11 is 3.45. The number of halogens is 1. The van der Waals surface area contributed by atoms with Gasteiger partial charge in [-0.1, -0.05) is 28.1 Å². The topological polar surface area (TPSA) is 43.4 Å². The van der Waals surface area contributed by atoms with E-state index >= 15 is 0 Å². The van der Waals surface area contributed by atoms with E-state index in [1.807, 2.05) is 36.4 Å². The van der Waals surface area contributed by atoms with Gasteiger partial charge in [0.15, 0.2) is 0 Å².